The second kappa shape index (κ2) is 10.7. The normalized spacial score (nSPS) is 10.8. The lowest BCUT2D eigenvalue weighted by Crippen LogP contribution is -2.11. The van der Waals surface area contributed by atoms with Gasteiger partial charge in [-0.05, 0) is 55.0 Å². The first-order chi connectivity index (χ1) is 16.1. The number of aromatic nitrogens is 4. The van der Waals surface area contributed by atoms with Crippen LogP contribution in [-0.2, 0) is 11.3 Å². The van der Waals surface area contributed by atoms with Gasteiger partial charge in [-0.25, -0.2) is 0 Å². The third kappa shape index (κ3) is 5.75. The van der Waals surface area contributed by atoms with Gasteiger partial charge in [0.15, 0.2) is 16.8 Å². The number of thioether (sulfide) groups is 1. The Morgan fingerprint density at radius 3 is 2.64 bits per heavy atom. The van der Waals surface area contributed by atoms with Gasteiger partial charge in [0.2, 0.25) is 5.91 Å². The molecule has 0 radical (unpaired) electrons. The van der Waals surface area contributed by atoms with Crippen LogP contribution in [0.15, 0.2) is 76.8 Å². The van der Waals surface area contributed by atoms with Crippen molar-refractivity contribution in [2.24, 2.45) is 0 Å². The number of rotatable bonds is 10. The predicted octanol–water partition coefficient (Wildman–Crippen LogP) is 4.70. The molecule has 4 aromatic rings. The van der Waals surface area contributed by atoms with Crippen molar-refractivity contribution in [2.45, 2.75) is 31.5 Å². The SMILES string of the molecule is CCCC(=O)Nc1ccc(C(=O)CSc2nnc(-c3cccnc3)n2Cc2ccco2)cc1. The zero-order valence-corrected chi connectivity index (χ0v) is 18.9. The molecule has 1 N–H and O–H groups in total. The molecule has 168 valence electrons. The highest BCUT2D eigenvalue weighted by Crippen LogP contribution is 2.25. The largest absolute Gasteiger partial charge is 0.467 e. The van der Waals surface area contributed by atoms with E-state index in [2.05, 4.69) is 20.5 Å². The Labute approximate surface area is 195 Å². The van der Waals surface area contributed by atoms with Crippen LogP contribution in [0.4, 0.5) is 5.69 Å². The van der Waals surface area contributed by atoms with Gasteiger partial charge in [-0.15, -0.1) is 10.2 Å². The number of hydrogen-bond acceptors (Lipinski definition) is 7. The standard InChI is InChI=1S/C24H23N5O3S/c1-2-5-22(31)26-19-10-8-17(9-11-19)21(30)16-33-24-28-27-23(18-6-3-12-25-14-18)29(24)15-20-7-4-13-32-20/h3-4,6-14H,2,5,15-16H2,1H3,(H,26,31). The summed E-state index contributed by atoms with van der Waals surface area (Å²) in [5.74, 6) is 1.54. The molecule has 33 heavy (non-hydrogen) atoms. The van der Waals surface area contributed by atoms with Crippen LogP contribution in [0.3, 0.4) is 0 Å². The Balaban J connectivity index is 1.47. The monoisotopic (exact) mass is 461 g/mol. The summed E-state index contributed by atoms with van der Waals surface area (Å²) in [6.07, 6.45) is 6.30. The van der Waals surface area contributed by atoms with E-state index in [1.807, 2.05) is 35.8 Å². The topological polar surface area (TPSA) is 103 Å². The Kier molecular flexibility index (Phi) is 7.31. The summed E-state index contributed by atoms with van der Waals surface area (Å²) in [6.45, 7) is 2.39. The molecule has 0 fully saturated rings. The minimum Gasteiger partial charge on any atom is -0.467 e. The van der Waals surface area contributed by atoms with Gasteiger partial charge in [-0.2, -0.15) is 0 Å². The van der Waals surface area contributed by atoms with E-state index in [9.17, 15) is 9.59 Å². The smallest absolute Gasteiger partial charge is 0.224 e. The molecule has 9 heteroatoms. The van der Waals surface area contributed by atoms with Gasteiger partial charge < -0.3 is 9.73 Å². The van der Waals surface area contributed by atoms with Gasteiger partial charge in [0.05, 0.1) is 18.6 Å². The number of anilines is 1. The number of amides is 1. The fourth-order valence-corrected chi connectivity index (χ4v) is 4.04. The Hall–Kier alpha value is -3.72. The van der Waals surface area contributed by atoms with Crippen LogP contribution in [0, 0.1) is 0 Å². The summed E-state index contributed by atoms with van der Waals surface area (Å²) < 4.78 is 7.42. The third-order valence-electron chi connectivity index (χ3n) is 4.83. The van der Waals surface area contributed by atoms with Crippen LogP contribution >= 0.6 is 11.8 Å². The lowest BCUT2D eigenvalue weighted by atomic mass is 10.1. The first-order valence-electron chi connectivity index (χ1n) is 10.6. The van der Waals surface area contributed by atoms with Gasteiger partial charge in [-0.1, -0.05) is 18.7 Å². The lowest BCUT2D eigenvalue weighted by molar-refractivity contribution is -0.116. The van der Waals surface area contributed by atoms with Crippen molar-refractivity contribution in [1.29, 1.82) is 0 Å². The minimum atomic E-state index is -0.0399. The van der Waals surface area contributed by atoms with Crippen molar-refractivity contribution in [3.63, 3.8) is 0 Å². The number of hydrogen-bond donors (Lipinski definition) is 1. The van der Waals surface area contributed by atoms with Crippen LogP contribution in [0.2, 0.25) is 0 Å². The van der Waals surface area contributed by atoms with E-state index in [0.717, 1.165) is 17.7 Å². The molecule has 0 unspecified atom stereocenters. The maximum atomic E-state index is 12.8. The van der Waals surface area contributed by atoms with E-state index in [-0.39, 0.29) is 17.4 Å². The summed E-state index contributed by atoms with van der Waals surface area (Å²) in [4.78, 5) is 28.7. The summed E-state index contributed by atoms with van der Waals surface area (Å²) in [5.41, 5.74) is 2.08. The number of nitrogens with one attached hydrogen (secondary N) is 1. The molecule has 3 aromatic heterocycles. The first kappa shape index (κ1) is 22.5. The number of Topliss-reactive ketones (excluding diaryl/α,β-unsaturated/α-hetero) is 1. The summed E-state index contributed by atoms with van der Waals surface area (Å²) >= 11 is 1.32. The van der Waals surface area contributed by atoms with Crippen molar-refractivity contribution in [1.82, 2.24) is 19.7 Å². The van der Waals surface area contributed by atoms with Crippen LogP contribution in [0.5, 0.6) is 0 Å². The minimum absolute atomic E-state index is 0.0348. The molecule has 1 aromatic carbocycles. The molecule has 0 aliphatic carbocycles. The fraction of sp³-hybridized carbons (Fsp3) is 0.208. The quantitative estimate of drug-likeness (QED) is 0.270. The number of nitrogens with zero attached hydrogens (tertiary/aromatic N) is 4. The number of ketones is 1. The summed E-state index contributed by atoms with van der Waals surface area (Å²) in [5, 5.41) is 12.1. The van der Waals surface area contributed by atoms with Crippen LogP contribution in [0.1, 0.15) is 35.9 Å². The molecular formula is C24H23N5O3S. The molecule has 0 aliphatic heterocycles. The van der Waals surface area contributed by atoms with E-state index in [1.54, 1.807) is 42.9 Å². The second-order valence-electron chi connectivity index (χ2n) is 7.30. The molecule has 0 saturated heterocycles. The van der Waals surface area contributed by atoms with Gasteiger partial charge in [0.25, 0.3) is 0 Å². The van der Waals surface area contributed by atoms with Gasteiger partial charge in [0.1, 0.15) is 5.76 Å². The van der Waals surface area contributed by atoms with Gasteiger partial charge in [0, 0.05) is 35.6 Å². The fourth-order valence-electron chi connectivity index (χ4n) is 3.21. The van der Waals surface area contributed by atoms with Crippen molar-refractivity contribution in [3.05, 3.63) is 78.5 Å². The zero-order valence-electron chi connectivity index (χ0n) is 18.1. The average Bonchev–Trinajstić information content (AvgIpc) is 3.49. The van der Waals surface area contributed by atoms with Crippen molar-refractivity contribution < 1.29 is 14.0 Å². The van der Waals surface area contributed by atoms with E-state index >= 15 is 0 Å². The van der Waals surface area contributed by atoms with E-state index in [4.69, 9.17) is 4.42 Å². The molecule has 0 bridgehead atoms. The highest BCUT2D eigenvalue weighted by Gasteiger charge is 2.17. The van der Waals surface area contributed by atoms with E-state index < -0.39 is 0 Å². The zero-order chi connectivity index (χ0) is 23.0. The van der Waals surface area contributed by atoms with E-state index in [0.29, 0.717) is 35.2 Å². The highest BCUT2D eigenvalue weighted by atomic mass is 32.2. The van der Waals surface area contributed by atoms with Crippen molar-refractivity contribution in [2.75, 3.05) is 11.1 Å². The Morgan fingerprint density at radius 1 is 1.09 bits per heavy atom. The number of carbonyl (C=O) groups excluding carboxylic acids is 2. The molecular weight excluding hydrogens is 438 g/mol. The van der Waals surface area contributed by atoms with Gasteiger partial charge >= 0.3 is 0 Å². The predicted molar refractivity (Wildman–Crippen MR) is 126 cm³/mol. The number of pyridine rings is 1. The highest BCUT2D eigenvalue weighted by molar-refractivity contribution is 7.99. The van der Waals surface area contributed by atoms with Gasteiger partial charge in [-0.3, -0.25) is 19.1 Å². The molecule has 4 rings (SSSR count). The Bertz CT molecular complexity index is 1200. The molecule has 3 heterocycles. The molecule has 1 amide bonds. The number of carbonyl (C=O) groups is 2. The maximum absolute atomic E-state index is 12.8. The van der Waals surface area contributed by atoms with Crippen LogP contribution in [-0.4, -0.2) is 37.2 Å². The first-order valence-corrected chi connectivity index (χ1v) is 11.5. The molecule has 0 saturated carbocycles. The maximum Gasteiger partial charge on any atom is 0.224 e. The molecule has 0 aliphatic rings. The van der Waals surface area contributed by atoms with Crippen LogP contribution in [0.25, 0.3) is 11.4 Å². The third-order valence-corrected chi connectivity index (χ3v) is 5.80. The van der Waals surface area contributed by atoms with E-state index in [1.165, 1.54) is 11.8 Å². The molecule has 8 nitrogen and oxygen atoms in total. The molecule has 0 atom stereocenters. The average molecular weight is 462 g/mol. The summed E-state index contributed by atoms with van der Waals surface area (Å²) in [7, 11) is 0. The lowest BCUT2D eigenvalue weighted by Gasteiger charge is -2.09. The van der Waals surface area contributed by atoms with Crippen molar-refractivity contribution >= 4 is 29.1 Å². The summed E-state index contributed by atoms with van der Waals surface area (Å²) in [6, 6.07) is 14.4. The number of furan rings is 1. The number of benzene rings is 1. The Morgan fingerprint density at radius 2 is 1.94 bits per heavy atom. The second-order valence-corrected chi connectivity index (χ2v) is 8.24. The molecule has 0 spiro atoms. The van der Waals surface area contributed by atoms with Crippen molar-refractivity contribution in [3.8, 4) is 11.4 Å². The van der Waals surface area contributed by atoms with Crippen LogP contribution < -0.4 is 5.32 Å².